The number of pyridine rings is 1. The Bertz CT molecular complexity index is 749. The highest BCUT2D eigenvalue weighted by Gasteiger charge is 2.09. The first-order valence-electron chi connectivity index (χ1n) is 6.24. The van der Waals surface area contributed by atoms with Crippen LogP contribution >= 0.6 is 0 Å². The van der Waals surface area contributed by atoms with Gasteiger partial charge in [0.2, 0.25) is 5.91 Å². The van der Waals surface area contributed by atoms with Gasteiger partial charge >= 0.3 is 0 Å². The van der Waals surface area contributed by atoms with Gasteiger partial charge in [-0.15, -0.1) is 5.10 Å². The van der Waals surface area contributed by atoms with E-state index in [1.807, 2.05) is 12.1 Å². The summed E-state index contributed by atoms with van der Waals surface area (Å²) < 4.78 is 6.33. The molecular weight excluding hydrogens is 272 g/mol. The highest BCUT2D eigenvalue weighted by molar-refractivity contribution is 5.89. The molecule has 0 fully saturated rings. The monoisotopic (exact) mass is 284 g/mol. The maximum atomic E-state index is 11.8. The van der Waals surface area contributed by atoms with Crippen LogP contribution in [0.1, 0.15) is 5.76 Å². The van der Waals surface area contributed by atoms with Crippen LogP contribution in [0.4, 0.5) is 5.82 Å². The average Bonchev–Trinajstić information content (AvgIpc) is 3.09. The molecule has 1 amide bonds. The third kappa shape index (κ3) is 3.11. The number of nitrogens with zero attached hydrogens (tertiary/aromatic N) is 5. The summed E-state index contributed by atoms with van der Waals surface area (Å²) in [6, 6.07) is 5.29. The molecule has 106 valence electrons. The number of aromatic nitrogens is 5. The van der Waals surface area contributed by atoms with E-state index in [1.54, 1.807) is 31.6 Å². The molecule has 0 saturated carbocycles. The average molecular weight is 284 g/mol. The Morgan fingerprint density at radius 2 is 2.19 bits per heavy atom. The highest BCUT2D eigenvalue weighted by Crippen LogP contribution is 2.14. The molecule has 0 aliphatic carbocycles. The summed E-state index contributed by atoms with van der Waals surface area (Å²) in [6.07, 6.45) is 5.05. The zero-order valence-electron chi connectivity index (χ0n) is 11.2. The van der Waals surface area contributed by atoms with Crippen molar-refractivity contribution in [2.75, 3.05) is 5.32 Å². The van der Waals surface area contributed by atoms with Gasteiger partial charge in [0.15, 0.2) is 5.82 Å². The van der Waals surface area contributed by atoms with Gasteiger partial charge in [0, 0.05) is 24.0 Å². The van der Waals surface area contributed by atoms with Crippen LogP contribution in [-0.4, -0.2) is 31.0 Å². The molecule has 0 aromatic carbocycles. The van der Waals surface area contributed by atoms with Crippen LogP contribution in [0.2, 0.25) is 0 Å². The van der Waals surface area contributed by atoms with E-state index in [0.29, 0.717) is 17.3 Å². The van der Waals surface area contributed by atoms with E-state index >= 15 is 0 Å². The van der Waals surface area contributed by atoms with Gasteiger partial charge in [0.1, 0.15) is 18.0 Å². The fourth-order valence-corrected chi connectivity index (χ4v) is 1.79. The van der Waals surface area contributed by atoms with Crippen LogP contribution in [0.3, 0.4) is 0 Å². The van der Waals surface area contributed by atoms with Crippen molar-refractivity contribution in [3.8, 4) is 11.3 Å². The lowest BCUT2D eigenvalue weighted by molar-refractivity contribution is -0.117. The molecule has 0 spiro atoms. The summed E-state index contributed by atoms with van der Waals surface area (Å²) in [7, 11) is 0. The lowest BCUT2D eigenvalue weighted by Gasteiger charge is -2.00. The minimum Gasteiger partial charge on any atom is -0.360 e. The Hall–Kier alpha value is -3.03. The van der Waals surface area contributed by atoms with Crippen LogP contribution in [0, 0.1) is 6.92 Å². The number of carbonyl (C=O) groups excluding carboxylic acids is 1. The van der Waals surface area contributed by atoms with Crippen molar-refractivity contribution in [3.05, 3.63) is 42.5 Å². The van der Waals surface area contributed by atoms with E-state index in [2.05, 4.69) is 25.8 Å². The second-order valence-electron chi connectivity index (χ2n) is 4.41. The standard InChI is InChI=1S/C13H12N6O2/c1-9-6-12(17-21-9)15-13(20)8-19-7-11(16-18-19)10-2-4-14-5-3-10/h2-7H,8H2,1H3,(H,15,17,20). The molecule has 8 heteroatoms. The summed E-state index contributed by atoms with van der Waals surface area (Å²) in [4.78, 5) is 15.8. The van der Waals surface area contributed by atoms with E-state index in [1.165, 1.54) is 4.68 Å². The van der Waals surface area contributed by atoms with Gasteiger partial charge < -0.3 is 9.84 Å². The third-order valence-electron chi connectivity index (χ3n) is 2.72. The number of anilines is 1. The van der Waals surface area contributed by atoms with Crippen molar-refractivity contribution >= 4 is 11.7 Å². The predicted molar refractivity (Wildman–Crippen MR) is 73.1 cm³/mol. The zero-order chi connectivity index (χ0) is 14.7. The van der Waals surface area contributed by atoms with Crippen LogP contribution in [-0.2, 0) is 11.3 Å². The predicted octanol–water partition coefficient (Wildman–Crippen LogP) is 1.28. The Kier molecular flexibility index (Phi) is 3.42. The maximum Gasteiger partial charge on any atom is 0.247 e. The number of hydrogen-bond acceptors (Lipinski definition) is 6. The summed E-state index contributed by atoms with van der Waals surface area (Å²) in [5, 5.41) is 14.3. The lowest BCUT2D eigenvalue weighted by atomic mass is 10.2. The molecule has 3 aromatic rings. The van der Waals surface area contributed by atoms with E-state index < -0.39 is 0 Å². The molecule has 8 nitrogen and oxygen atoms in total. The van der Waals surface area contributed by atoms with Crippen LogP contribution in [0.5, 0.6) is 0 Å². The second-order valence-corrected chi connectivity index (χ2v) is 4.41. The largest absolute Gasteiger partial charge is 0.360 e. The Balaban J connectivity index is 1.66. The van der Waals surface area contributed by atoms with Gasteiger partial charge in [-0.2, -0.15) is 0 Å². The number of nitrogens with one attached hydrogen (secondary N) is 1. The summed E-state index contributed by atoms with van der Waals surface area (Å²) in [5.41, 5.74) is 1.58. The van der Waals surface area contributed by atoms with Crippen LogP contribution < -0.4 is 5.32 Å². The topological polar surface area (TPSA) is 98.7 Å². The Morgan fingerprint density at radius 3 is 2.90 bits per heavy atom. The van der Waals surface area contributed by atoms with Gasteiger partial charge in [0.05, 0.1) is 6.20 Å². The number of rotatable bonds is 4. The normalized spacial score (nSPS) is 10.5. The fraction of sp³-hybridized carbons (Fsp3) is 0.154. The van der Waals surface area contributed by atoms with E-state index in [-0.39, 0.29) is 12.5 Å². The molecule has 0 saturated heterocycles. The molecule has 0 aliphatic rings. The molecular formula is C13H12N6O2. The minimum absolute atomic E-state index is 0.0456. The molecule has 3 heterocycles. The molecule has 0 atom stereocenters. The number of aryl methyl sites for hydroxylation is 1. The first-order valence-corrected chi connectivity index (χ1v) is 6.24. The smallest absolute Gasteiger partial charge is 0.247 e. The maximum absolute atomic E-state index is 11.8. The fourth-order valence-electron chi connectivity index (χ4n) is 1.79. The lowest BCUT2D eigenvalue weighted by Crippen LogP contribution is -2.19. The van der Waals surface area contributed by atoms with Gasteiger partial charge in [-0.25, -0.2) is 4.68 Å². The minimum atomic E-state index is -0.255. The molecule has 3 rings (SSSR count). The van der Waals surface area contributed by atoms with Gasteiger partial charge in [-0.3, -0.25) is 9.78 Å². The first kappa shape index (κ1) is 13.0. The summed E-state index contributed by atoms with van der Waals surface area (Å²) in [5.74, 6) is 0.757. The molecule has 0 radical (unpaired) electrons. The summed E-state index contributed by atoms with van der Waals surface area (Å²) in [6.45, 7) is 1.80. The number of amides is 1. The molecule has 0 unspecified atom stereocenters. The highest BCUT2D eigenvalue weighted by atomic mass is 16.5. The molecule has 1 N–H and O–H groups in total. The zero-order valence-corrected chi connectivity index (χ0v) is 11.2. The summed E-state index contributed by atoms with van der Waals surface area (Å²) >= 11 is 0. The Morgan fingerprint density at radius 1 is 1.38 bits per heavy atom. The van der Waals surface area contributed by atoms with Crippen molar-refractivity contribution in [1.82, 2.24) is 25.1 Å². The molecule has 21 heavy (non-hydrogen) atoms. The Labute approximate surface area is 119 Å². The van der Waals surface area contributed by atoms with Gasteiger partial charge in [-0.05, 0) is 19.1 Å². The van der Waals surface area contributed by atoms with E-state index in [0.717, 1.165) is 5.56 Å². The third-order valence-corrected chi connectivity index (χ3v) is 2.72. The van der Waals surface area contributed by atoms with Crippen molar-refractivity contribution in [3.63, 3.8) is 0 Å². The van der Waals surface area contributed by atoms with Gasteiger partial charge in [-0.1, -0.05) is 10.4 Å². The number of carbonyl (C=O) groups is 1. The van der Waals surface area contributed by atoms with Crippen molar-refractivity contribution in [2.24, 2.45) is 0 Å². The van der Waals surface area contributed by atoms with E-state index in [9.17, 15) is 4.79 Å². The molecule has 0 bridgehead atoms. The van der Waals surface area contributed by atoms with Crippen LogP contribution in [0.15, 0.2) is 41.3 Å². The number of hydrogen-bond donors (Lipinski definition) is 1. The van der Waals surface area contributed by atoms with E-state index in [4.69, 9.17) is 4.52 Å². The quantitative estimate of drug-likeness (QED) is 0.774. The SMILES string of the molecule is Cc1cc(NC(=O)Cn2cc(-c3ccncc3)nn2)no1. The van der Waals surface area contributed by atoms with Crippen molar-refractivity contribution in [2.45, 2.75) is 13.5 Å². The van der Waals surface area contributed by atoms with Crippen LogP contribution in [0.25, 0.3) is 11.3 Å². The van der Waals surface area contributed by atoms with Crippen molar-refractivity contribution < 1.29 is 9.32 Å². The molecule has 3 aromatic heterocycles. The first-order chi connectivity index (χ1) is 10.2. The second kappa shape index (κ2) is 5.53. The van der Waals surface area contributed by atoms with Gasteiger partial charge in [0.25, 0.3) is 0 Å². The molecule has 0 aliphatic heterocycles. The van der Waals surface area contributed by atoms with Crippen molar-refractivity contribution in [1.29, 1.82) is 0 Å².